The molecule has 1 atom stereocenters. The Morgan fingerprint density at radius 1 is 1.12 bits per heavy atom. The van der Waals surface area contributed by atoms with Crippen molar-refractivity contribution in [3.63, 3.8) is 0 Å². The van der Waals surface area contributed by atoms with Gasteiger partial charge >= 0.3 is 6.09 Å². The summed E-state index contributed by atoms with van der Waals surface area (Å²) in [4.78, 5) is 24.4. The van der Waals surface area contributed by atoms with E-state index < -0.39 is 33.6 Å². The lowest BCUT2D eigenvalue weighted by atomic mass is 10.00. The van der Waals surface area contributed by atoms with Crippen LogP contribution in [0.25, 0.3) is 0 Å². The van der Waals surface area contributed by atoms with Gasteiger partial charge in [-0.25, -0.2) is 17.5 Å². The Kier molecular flexibility index (Phi) is 9.64. The summed E-state index contributed by atoms with van der Waals surface area (Å²) >= 11 is 6.15. The van der Waals surface area contributed by atoms with Crippen molar-refractivity contribution >= 4 is 33.5 Å². The third kappa shape index (κ3) is 7.80. The monoisotopic (exact) mass is 510 g/mol. The minimum absolute atomic E-state index is 0.0507. The number of amides is 1. The van der Waals surface area contributed by atoms with Gasteiger partial charge in [-0.05, 0) is 57.4 Å². The molecule has 0 aliphatic carbocycles. The van der Waals surface area contributed by atoms with Crippen molar-refractivity contribution in [2.45, 2.75) is 50.2 Å². The molecule has 2 aromatic carbocycles. The van der Waals surface area contributed by atoms with Crippen LogP contribution < -0.4 is 5.32 Å². The Bertz CT molecular complexity index is 1100. The molecular weight excluding hydrogens is 480 g/mol. The SMILES string of the molecule is CN(CCCCNC(=O)OC(C)(C)C)S(=O)(=O)c1ccc(Cl)c(C(=O)C(O)c2ccccc2)c1. The van der Waals surface area contributed by atoms with E-state index in [-0.39, 0.29) is 22.0 Å². The summed E-state index contributed by atoms with van der Waals surface area (Å²) < 4.78 is 32.3. The highest BCUT2D eigenvalue weighted by molar-refractivity contribution is 7.89. The summed E-state index contributed by atoms with van der Waals surface area (Å²) in [5.74, 6) is -0.691. The minimum atomic E-state index is -3.90. The number of unbranched alkanes of at least 4 members (excludes halogenated alkanes) is 1. The number of aliphatic hydroxyl groups is 1. The molecule has 0 aromatic heterocycles. The molecule has 2 rings (SSSR count). The van der Waals surface area contributed by atoms with Crippen LogP contribution in [0.3, 0.4) is 0 Å². The maximum atomic E-state index is 13.0. The van der Waals surface area contributed by atoms with Gasteiger partial charge < -0.3 is 15.2 Å². The lowest BCUT2D eigenvalue weighted by molar-refractivity contribution is 0.0526. The Hall–Kier alpha value is -2.46. The maximum Gasteiger partial charge on any atom is 0.407 e. The number of carbonyl (C=O) groups excluding carboxylic acids is 2. The minimum Gasteiger partial charge on any atom is -0.444 e. The molecule has 186 valence electrons. The number of ketones is 1. The topological polar surface area (TPSA) is 113 Å². The van der Waals surface area contributed by atoms with Crippen molar-refractivity contribution < 1.29 is 27.9 Å². The van der Waals surface area contributed by atoms with Gasteiger partial charge in [0.05, 0.1) is 9.92 Å². The molecule has 0 spiro atoms. The fourth-order valence-corrected chi connectivity index (χ4v) is 4.50. The Labute approximate surface area is 205 Å². The summed E-state index contributed by atoms with van der Waals surface area (Å²) in [6.45, 7) is 5.86. The van der Waals surface area contributed by atoms with Gasteiger partial charge in [0.1, 0.15) is 11.7 Å². The van der Waals surface area contributed by atoms with Gasteiger partial charge in [0, 0.05) is 25.7 Å². The summed E-state index contributed by atoms with van der Waals surface area (Å²) in [6, 6.07) is 12.2. The summed E-state index contributed by atoms with van der Waals surface area (Å²) in [6.07, 6.45) is -0.943. The normalized spacial score (nSPS) is 12.9. The molecular formula is C24H31ClN2O6S. The number of carbonyl (C=O) groups is 2. The largest absolute Gasteiger partial charge is 0.444 e. The van der Waals surface area contributed by atoms with Crippen LogP contribution in [0.1, 0.15) is 55.6 Å². The van der Waals surface area contributed by atoms with E-state index in [0.717, 1.165) is 0 Å². The molecule has 0 radical (unpaired) electrons. The second kappa shape index (κ2) is 11.8. The molecule has 0 bridgehead atoms. The number of benzene rings is 2. The van der Waals surface area contributed by atoms with Gasteiger partial charge in [-0.3, -0.25) is 4.79 Å². The predicted octanol–water partition coefficient (Wildman–Crippen LogP) is 4.18. The average Bonchev–Trinajstić information content (AvgIpc) is 2.77. The Balaban J connectivity index is 2.01. The molecule has 0 heterocycles. The van der Waals surface area contributed by atoms with E-state index in [1.165, 1.54) is 29.6 Å². The number of rotatable bonds is 10. The zero-order valence-electron chi connectivity index (χ0n) is 19.7. The van der Waals surface area contributed by atoms with Gasteiger partial charge in [-0.1, -0.05) is 41.9 Å². The van der Waals surface area contributed by atoms with E-state index in [4.69, 9.17) is 16.3 Å². The summed E-state index contributed by atoms with van der Waals surface area (Å²) in [5, 5.41) is 13.1. The number of halogens is 1. The van der Waals surface area contributed by atoms with E-state index in [2.05, 4.69) is 5.32 Å². The van der Waals surface area contributed by atoms with Crippen molar-refractivity contribution in [3.8, 4) is 0 Å². The molecule has 10 heteroatoms. The highest BCUT2D eigenvalue weighted by Gasteiger charge is 2.26. The first-order valence-electron chi connectivity index (χ1n) is 10.8. The number of alkyl carbamates (subject to hydrolysis) is 1. The molecule has 8 nitrogen and oxygen atoms in total. The van der Waals surface area contributed by atoms with Gasteiger partial charge in [0.2, 0.25) is 10.0 Å². The molecule has 1 unspecified atom stereocenters. The highest BCUT2D eigenvalue weighted by atomic mass is 35.5. The lowest BCUT2D eigenvalue weighted by Crippen LogP contribution is -2.33. The van der Waals surface area contributed by atoms with Gasteiger partial charge in [0.15, 0.2) is 5.78 Å². The number of hydrogen-bond donors (Lipinski definition) is 2. The van der Waals surface area contributed by atoms with Crippen LogP contribution in [0.2, 0.25) is 5.02 Å². The molecule has 0 aliphatic heterocycles. The first-order valence-corrected chi connectivity index (χ1v) is 12.6. The number of Topliss-reactive ketones (excluding diaryl/α,β-unsaturated/α-hetero) is 1. The van der Waals surface area contributed by atoms with Crippen LogP contribution in [0.5, 0.6) is 0 Å². The van der Waals surface area contributed by atoms with Crippen LogP contribution in [0.15, 0.2) is 53.4 Å². The highest BCUT2D eigenvalue weighted by Crippen LogP contribution is 2.27. The van der Waals surface area contributed by atoms with Crippen molar-refractivity contribution in [2.24, 2.45) is 0 Å². The molecule has 1 amide bonds. The fourth-order valence-electron chi connectivity index (χ4n) is 3.05. The fraction of sp³-hybridized carbons (Fsp3) is 0.417. The second-order valence-corrected chi connectivity index (χ2v) is 11.2. The first kappa shape index (κ1) is 27.8. The van der Waals surface area contributed by atoms with Crippen molar-refractivity contribution in [1.82, 2.24) is 9.62 Å². The predicted molar refractivity (Wildman–Crippen MR) is 130 cm³/mol. The van der Waals surface area contributed by atoms with Crippen LogP contribution in [0.4, 0.5) is 4.79 Å². The Morgan fingerprint density at radius 3 is 2.38 bits per heavy atom. The van der Waals surface area contributed by atoms with E-state index >= 15 is 0 Å². The molecule has 34 heavy (non-hydrogen) atoms. The quantitative estimate of drug-likeness (QED) is 0.366. The molecule has 2 aromatic rings. The zero-order chi connectivity index (χ0) is 25.5. The molecule has 0 saturated carbocycles. The van der Waals surface area contributed by atoms with Gasteiger partial charge in [-0.15, -0.1) is 0 Å². The third-order valence-corrected chi connectivity index (χ3v) is 7.03. The summed E-state index contributed by atoms with van der Waals surface area (Å²) in [7, 11) is -2.46. The first-order chi connectivity index (χ1) is 15.8. The van der Waals surface area contributed by atoms with Crippen LogP contribution >= 0.6 is 11.6 Å². The second-order valence-electron chi connectivity index (χ2n) is 8.78. The van der Waals surface area contributed by atoms with E-state index in [1.807, 2.05) is 0 Å². The van der Waals surface area contributed by atoms with Crippen LogP contribution in [-0.2, 0) is 14.8 Å². The maximum absolute atomic E-state index is 13.0. The Morgan fingerprint density at radius 2 is 1.76 bits per heavy atom. The number of aliphatic hydroxyl groups excluding tert-OH is 1. The molecule has 0 aliphatic rings. The third-order valence-electron chi connectivity index (χ3n) is 4.84. The van der Waals surface area contributed by atoms with E-state index in [9.17, 15) is 23.1 Å². The van der Waals surface area contributed by atoms with E-state index in [1.54, 1.807) is 51.1 Å². The average molecular weight is 511 g/mol. The lowest BCUT2D eigenvalue weighted by Gasteiger charge is -2.20. The number of nitrogens with zero attached hydrogens (tertiary/aromatic N) is 1. The number of ether oxygens (including phenoxy) is 1. The van der Waals surface area contributed by atoms with Crippen LogP contribution in [-0.4, -0.2) is 55.4 Å². The zero-order valence-corrected chi connectivity index (χ0v) is 21.3. The number of sulfonamides is 1. The standard InChI is InChI=1S/C24H31ClN2O6S/c1-24(2,3)33-23(30)26-14-8-9-15-27(4)34(31,32)18-12-13-20(25)19(16-18)22(29)21(28)17-10-6-5-7-11-17/h5-7,10-13,16,21,28H,8-9,14-15H2,1-4H3,(H,26,30). The molecule has 2 N–H and O–H groups in total. The van der Waals surface area contributed by atoms with Crippen LogP contribution in [0, 0.1) is 0 Å². The van der Waals surface area contributed by atoms with E-state index in [0.29, 0.717) is 24.9 Å². The smallest absolute Gasteiger partial charge is 0.407 e. The van der Waals surface area contributed by atoms with Crippen molar-refractivity contribution in [3.05, 3.63) is 64.7 Å². The van der Waals surface area contributed by atoms with Gasteiger partial charge in [-0.2, -0.15) is 0 Å². The molecule has 0 saturated heterocycles. The van der Waals surface area contributed by atoms with Gasteiger partial charge in [0.25, 0.3) is 0 Å². The number of hydrogen-bond acceptors (Lipinski definition) is 6. The van der Waals surface area contributed by atoms with Crippen molar-refractivity contribution in [1.29, 1.82) is 0 Å². The summed E-state index contributed by atoms with van der Waals surface area (Å²) in [5.41, 5.74) is -0.281. The molecule has 0 fully saturated rings. The van der Waals surface area contributed by atoms with Crippen molar-refractivity contribution in [2.75, 3.05) is 20.1 Å². The number of nitrogens with one attached hydrogen (secondary N) is 1.